The van der Waals surface area contributed by atoms with Gasteiger partial charge in [0.05, 0.1) is 0 Å². The third kappa shape index (κ3) is 2.35. The van der Waals surface area contributed by atoms with Gasteiger partial charge in [0.15, 0.2) is 0 Å². The second-order valence-electron chi connectivity index (χ2n) is 4.38. The molecule has 1 aromatic heterocycles. The van der Waals surface area contributed by atoms with Crippen molar-refractivity contribution in [3.8, 4) is 0 Å². The minimum atomic E-state index is 0.106. The minimum absolute atomic E-state index is 0.106. The van der Waals surface area contributed by atoms with Crippen LogP contribution in [0.1, 0.15) is 25.7 Å². The number of carbonyl (C=O) groups is 1. The van der Waals surface area contributed by atoms with Gasteiger partial charge < -0.3 is 10.6 Å². The van der Waals surface area contributed by atoms with E-state index in [-0.39, 0.29) is 12.5 Å². The molecule has 1 aromatic rings. The first-order valence-electron chi connectivity index (χ1n) is 5.71. The SMILES string of the molecule is CN(C(=O)Cn1ccc(N)n1)C1CCCC1. The highest BCUT2D eigenvalue weighted by molar-refractivity contribution is 5.76. The van der Waals surface area contributed by atoms with E-state index in [2.05, 4.69) is 5.10 Å². The largest absolute Gasteiger partial charge is 0.382 e. The minimum Gasteiger partial charge on any atom is -0.382 e. The Labute approximate surface area is 95.2 Å². The Kier molecular flexibility index (Phi) is 3.12. The molecule has 0 radical (unpaired) electrons. The Morgan fingerprint density at radius 2 is 2.31 bits per heavy atom. The molecule has 16 heavy (non-hydrogen) atoms. The molecule has 0 aromatic carbocycles. The van der Waals surface area contributed by atoms with Crippen LogP contribution in [0.15, 0.2) is 12.3 Å². The van der Waals surface area contributed by atoms with Crippen LogP contribution in [0.4, 0.5) is 5.82 Å². The van der Waals surface area contributed by atoms with E-state index in [0.717, 1.165) is 12.8 Å². The van der Waals surface area contributed by atoms with Crippen molar-refractivity contribution in [2.24, 2.45) is 0 Å². The lowest BCUT2D eigenvalue weighted by Gasteiger charge is -2.24. The number of anilines is 1. The predicted molar refractivity (Wildman–Crippen MR) is 61.7 cm³/mol. The summed E-state index contributed by atoms with van der Waals surface area (Å²) in [5.74, 6) is 0.561. The van der Waals surface area contributed by atoms with Crippen LogP contribution in [-0.2, 0) is 11.3 Å². The first-order chi connectivity index (χ1) is 7.66. The molecule has 1 aliphatic carbocycles. The summed E-state index contributed by atoms with van der Waals surface area (Å²) in [5.41, 5.74) is 5.50. The third-order valence-corrected chi connectivity index (χ3v) is 3.22. The van der Waals surface area contributed by atoms with Crippen LogP contribution in [0.3, 0.4) is 0 Å². The van der Waals surface area contributed by atoms with Crippen molar-refractivity contribution in [1.29, 1.82) is 0 Å². The predicted octanol–water partition coefficient (Wildman–Crippen LogP) is 0.866. The maximum Gasteiger partial charge on any atom is 0.244 e. The highest BCUT2D eigenvalue weighted by Gasteiger charge is 2.23. The highest BCUT2D eigenvalue weighted by atomic mass is 16.2. The van der Waals surface area contributed by atoms with Gasteiger partial charge in [-0.1, -0.05) is 12.8 Å². The number of amides is 1. The molecule has 5 nitrogen and oxygen atoms in total. The number of likely N-dealkylation sites (N-methyl/N-ethyl adjacent to an activating group) is 1. The Hall–Kier alpha value is -1.52. The van der Waals surface area contributed by atoms with Crippen molar-refractivity contribution in [3.05, 3.63) is 12.3 Å². The Morgan fingerprint density at radius 3 is 2.88 bits per heavy atom. The molecule has 1 heterocycles. The number of nitrogens with two attached hydrogens (primary N) is 1. The Morgan fingerprint density at radius 1 is 1.62 bits per heavy atom. The monoisotopic (exact) mass is 222 g/mol. The highest BCUT2D eigenvalue weighted by Crippen LogP contribution is 2.22. The molecule has 0 spiro atoms. The summed E-state index contributed by atoms with van der Waals surface area (Å²) in [5, 5.41) is 4.01. The maximum absolute atomic E-state index is 11.9. The first-order valence-corrected chi connectivity index (χ1v) is 5.71. The normalized spacial score (nSPS) is 16.6. The lowest BCUT2D eigenvalue weighted by Crippen LogP contribution is -2.37. The quantitative estimate of drug-likeness (QED) is 0.825. The van der Waals surface area contributed by atoms with Crippen LogP contribution >= 0.6 is 0 Å². The second-order valence-corrected chi connectivity index (χ2v) is 4.38. The molecule has 2 N–H and O–H groups in total. The summed E-state index contributed by atoms with van der Waals surface area (Å²) in [6, 6.07) is 2.11. The van der Waals surface area contributed by atoms with Gasteiger partial charge in [0.25, 0.3) is 0 Å². The van der Waals surface area contributed by atoms with E-state index in [0.29, 0.717) is 11.9 Å². The molecule has 1 fully saturated rings. The molecular weight excluding hydrogens is 204 g/mol. The molecule has 0 saturated heterocycles. The van der Waals surface area contributed by atoms with Gasteiger partial charge in [-0.25, -0.2) is 0 Å². The van der Waals surface area contributed by atoms with E-state index in [1.54, 1.807) is 16.9 Å². The molecular formula is C11H18N4O. The molecule has 0 aliphatic heterocycles. The molecule has 1 saturated carbocycles. The van der Waals surface area contributed by atoms with Gasteiger partial charge in [-0.15, -0.1) is 0 Å². The number of rotatable bonds is 3. The van der Waals surface area contributed by atoms with Gasteiger partial charge in [0, 0.05) is 19.3 Å². The molecule has 2 rings (SSSR count). The topological polar surface area (TPSA) is 64.2 Å². The van der Waals surface area contributed by atoms with E-state index in [9.17, 15) is 4.79 Å². The second kappa shape index (κ2) is 4.55. The van der Waals surface area contributed by atoms with Crippen molar-refractivity contribution in [2.75, 3.05) is 12.8 Å². The van der Waals surface area contributed by atoms with E-state index < -0.39 is 0 Å². The molecule has 0 bridgehead atoms. The standard InChI is InChI=1S/C11H18N4O/c1-14(9-4-2-3-5-9)11(16)8-15-7-6-10(12)13-15/h6-7,9H,2-5,8H2,1H3,(H2,12,13). The summed E-state index contributed by atoms with van der Waals surface area (Å²) < 4.78 is 1.59. The zero-order valence-corrected chi connectivity index (χ0v) is 9.59. The summed E-state index contributed by atoms with van der Waals surface area (Å²) in [6.45, 7) is 0.282. The number of hydrogen-bond acceptors (Lipinski definition) is 3. The number of carbonyl (C=O) groups excluding carboxylic acids is 1. The van der Waals surface area contributed by atoms with Gasteiger partial charge in [-0.05, 0) is 18.9 Å². The fraction of sp³-hybridized carbons (Fsp3) is 0.636. The zero-order chi connectivity index (χ0) is 11.5. The fourth-order valence-corrected chi connectivity index (χ4v) is 2.21. The molecule has 5 heteroatoms. The summed E-state index contributed by atoms with van der Waals surface area (Å²) in [4.78, 5) is 13.8. The molecule has 0 atom stereocenters. The van der Waals surface area contributed by atoms with Gasteiger partial charge in [-0.3, -0.25) is 9.48 Å². The van der Waals surface area contributed by atoms with E-state index >= 15 is 0 Å². The van der Waals surface area contributed by atoms with Crippen LogP contribution in [0, 0.1) is 0 Å². The van der Waals surface area contributed by atoms with E-state index in [4.69, 9.17) is 5.73 Å². The molecule has 1 amide bonds. The number of nitrogens with zero attached hydrogens (tertiary/aromatic N) is 3. The van der Waals surface area contributed by atoms with Crippen molar-refractivity contribution in [2.45, 2.75) is 38.3 Å². The van der Waals surface area contributed by atoms with E-state index in [1.165, 1.54) is 12.8 Å². The first kappa shape index (κ1) is 11.0. The van der Waals surface area contributed by atoms with Gasteiger partial charge in [0.2, 0.25) is 5.91 Å². The van der Waals surface area contributed by atoms with Gasteiger partial charge in [-0.2, -0.15) is 5.10 Å². The lowest BCUT2D eigenvalue weighted by molar-refractivity contribution is -0.132. The lowest BCUT2D eigenvalue weighted by atomic mass is 10.2. The van der Waals surface area contributed by atoms with Crippen LogP contribution in [0.5, 0.6) is 0 Å². The average molecular weight is 222 g/mol. The third-order valence-electron chi connectivity index (χ3n) is 3.22. The van der Waals surface area contributed by atoms with Crippen LogP contribution in [0.25, 0.3) is 0 Å². The maximum atomic E-state index is 11.9. The van der Waals surface area contributed by atoms with Crippen LogP contribution < -0.4 is 5.73 Å². The van der Waals surface area contributed by atoms with Crippen LogP contribution in [-0.4, -0.2) is 33.7 Å². The molecule has 88 valence electrons. The van der Waals surface area contributed by atoms with E-state index in [1.807, 2.05) is 11.9 Å². The smallest absolute Gasteiger partial charge is 0.244 e. The summed E-state index contributed by atoms with van der Waals surface area (Å²) in [6.07, 6.45) is 6.46. The van der Waals surface area contributed by atoms with Crippen molar-refractivity contribution < 1.29 is 4.79 Å². The average Bonchev–Trinajstić information content (AvgIpc) is 2.88. The molecule has 0 unspecified atom stereocenters. The number of nitrogen functional groups attached to an aromatic ring is 1. The Balaban J connectivity index is 1.92. The van der Waals surface area contributed by atoms with Crippen molar-refractivity contribution >= 4 is 11.7 Å². The summed E-state index contributed by atoms with van der Waals surface area (Å²) >= 11 is 0. The number of hydrogen-bond donors (Lipinski definition) is 1. The zero-order valence-electron chi connectivity index (χ0n) is 9.59. The van der Waals surface area contributed by atoms with Crippen LogP contribution in [0.2, 0.25) is 0 Å². The number of aromatic nitrogens is 2. The van der Waals surface area contributed by atoms with Crippen molar-refractivity contribution in [3.63, 3.8) is 0 Å². The van der Waals surface area contributed by atoms with Gasteiger partial charge in [0.1, 0.15) is 12.4 Å². The fourth-order valence-electron chi connectivity index (χ4n) is 2.21. The summed E-state index contributed by atoms with van der Waals surface area (Å²) in [7, 11) is 1.88. The molecule has 1 aliphatic rings. The van der Waals surface area contributed by atoms with Crippen molar-refractivity contribution in [1.82, 2.24) is 14.7 Å². The van der Waals surface area contributed by atoms with Gasteiger partial charge >= 0.3 is 0 Å². The Bertz CT molecular complexity index is 368.